The summed E-state index contributed by atoms with van der Waals surface area (Å²) in [4.78, 5) is 11.6. The maximum Gasteiger partial charge on any atom is 0.205 e. The van der Waals surface area contributed by atoms with E-state index in [9.17, 15) is 5.11 Å². The Morgan fingerprint density at radius 3 is 2.92 bits per heavy atom. The molecule has 0 radical (unpaired) electrons. The lowest BCUT2D eigenvalue weighted by Gasteiger charge is -2.09. The number of aromatic nitrogens is 3. The molecule has 2 heterocycles. The van der Waals surface area contributed by atoms with E-state index >= 15 is 0 Å². The number of aromatic amines is 1. The highest BCUT2D eigenvalue weighted by atomic mass is 16.5. The van der Waals surface area contributed by atoms with E-state index in [-0.39, 0.29) is 6.61 Å². The molecule has 3 N–H and O–H groups in total. The molecule has 4 aromatic rings. The zero-order chi connectivity index (χ0) is 17.2. The second-order valence-electron chi connectivity index (χ2n) is 5.50. The van der Waals surface area contributed by atoms with Gasteiger partial charge in [-0.3, -0.25) is 0 Å². The maximum atomic E-state index is 9.23. The molecule has 25 heavy (non-hydrogen) atoms. The van der Waals surface area contributed by atoms with Crippen LogP contribution in [0.3, 0.4) is 0 Å². The Balaban J connectivity index is 1.64. The topological polar surface area (TPSA) is 96.2 Å². The van der Waals surface area contributed by atoms with Crippen molar-refractivity contribution in [2.75, 3.05) is 12.4 Å². The Morgan fingerprint density at radius 2 is 2.16 bits per heavy atom. The molecular formula is C18H16N4O3. The summed E-state index contributed by atoms with van der Waals surface area (Å²) < 4.78 is 10.8. The Bertz CT molecular complexity index is 1010. The van der Waals surface area contributed by atoms with E-state index in [0.29, 0.717) is 17.5 Å². The smallest absolute Gasteiger partial charge is 0.205 e. The van der Waals surface area contributed by atoms with Gasteiger partial charge in [0, 0.05) is 11.8 Å². The summed E-state index contributed by atoms with van der Waals surface area (Å²) in [7, 11) is 1.61. The van der Waals surface area contributed by atoms with Crippen LogP contribution >= 0.6 is 0 Å². The first kappa shape index (κ1) is 15.2. The van der Waals surface area contributed by atoms with E-state index in [1.807, 2.05) is 36.4 Å². The summed E-state index contributed by atoms with van der Waals surface area (Å²) in [5, 5.41) is 12.4. The molecule has 0 bridgehead atoms. The molecule has 0 unspecified atom stereocenters. The summed E-state index contributed by atoms with van der Waals surface area (Å²) in [6, 6.07) is 11.3. The second kappa shape index (κ2) is 6.29. The minimum atomic E-state index is -0.00197. The molecule has 0 atom stereocenters. The van der Waals surface area contributed by atoms with Gasteiger partial charge in [0.25, 0.3) is 0 Å². The van der Waals surface area contributed by atoms with Gasteiger partial charge in [-0.05, 0) is 29.8 Å². The minimum absolute atomic E-state index is 0.00197. The van der Waals surface area contributed by atoms with Gasteiger partial charge in [-0.15, -0.1) is 0 Å². The molecular weight excluding hydrogens is 320 g/mol. The fraction of sp³-hybridized carbons (Fsp3) is 0.111. The van der Waals surface area contributed by atoms with Gasteiger partial charge in [0.05, 0.1) is 36.5 Å². The van der Waals surface area contributed by atoms with Crippen molar-refractivity contribution in [3.63, 3.8) is 0 Å². The van der Waals surface area contributed by atoms with Crippen LogP contribution in [-0.2, 0) is 6.61 Å². The Hall–Kier alpha value is -3.32. The SMILES string of the molecule is COc1cc(Nc2nc3ccc(CO)cc3[nH]2)ccc1-c1cnco1. The standard InChI is InChI=1S/C18H16N4O3/c1-24-16-7-12(3-4-13(16)17-8-19-10-25-17)20-18-21-14-5-2-11(9-23)6-15(14)22-18/h2-8,10,23H,9H2,1H3,(H2,20,21,22). The molecule has 0 amide bonds. The number of aliphatic hydroxyl groups excluding tert-OH is 1. The number of benzene rings is 2. The number of hydrogen-bond acceptors (Lipinski definition) is 6. The van der Waals surface area contributed by atoms with Gasteiger partial charge < -0.3 is 24.6 Å². The molecule has 0 aliphatic rings. The van der Waals surface area contributed by atoms with Gasteiger partial charge in [-0.2, -0.15) is 0 Å². The normalized spacial score (nSPS) is 11.0. The van der Waals surface area contributed by atoms with Crippen molar-refractivity contribution in [3.05, 3.63) is 54.6 Å². The van der Waals surface area contributed by atoms with Crippen LogP contribution in [-0.4, -0.2) is 27.2 Å². The lowest BCUT2D eigenvalue weighted by atomic mass is 10.1. The second-order valence-corrected chi connectivity index (χ2v) is 5.50. The van der Waals surface area contributed by atoms with Crippen molar-refractivity contribution in [2.24, 2.45) is 0 Å². The number of hydrogen-bond donors (Lipinski definition) is 3. The number of ether oxygens (including phenoxy) is 1. The summed E-state index contributed by atoms with van der Waals surface area (Å²) in [5.41, 5.74) is 4.16. The van der Waals surface area contributed by atoms with Crippen LogP contribution in [0.5, 0.6) is 5.75 Å². The van der Waals surface area contributed by atoms with Crippen LogP contribution in [0.25, 0.3) is 22.4 Å². The highest BCUT2D eigenvalue weighted by Crippen LogP contribution is 2.33. The number of fused-ring (bicyclic) bond motifs is 1. The fourth-order valence-corrected chi connectivity index (χ4v) is 2.67. The van der Waals surface area contributed by atoms with Crippen LogP contribution in [0.2, 0.25) is 0 Å². The molecule has 2 aromatic heterocycles. The average Bonchev–Trinajstić information content (AvgIpc) is 3.30. The third kappa shape index (κ3) is 2.92. The minimum Gasteiger partial charge on any atom is -0.496 e. The highest BCUT2D eigenvalue weighted by Gasteiger charge is 2.11. The van der Waals surface area contributed by atoms with Gasteiger partial charge >= 0.3 is 0 Å². The van der Waals surface area contributed by atoms with E-state index in [0.717, 1.165) is 27.8 Å². The van der Waals surface area contributed by atoms with Gasteiger partial charge in [0.15, 0.2) is 12.2 Å². The van der Waals surface area contributed by atoms with E-state index in [4.69, 9.17) is 9.15 Å². The van der Waals surface area contributed by atoms with Crippen LogP contribution < -0.4 is 10.1 Å². The first-order chi connectivity index (χ1) is 12.3. The zero-order valence-electron chi connectivity index (χ0n) is 13.5. The lowest BCUT2D eigenvalue weighted by molar-refractivity contribution is 0.282. The molecule has 4 rings (SSSR count). The Labute approximate surface area is 143 Å². The summed E-state index contributed by atoms with van der Waals surface area (Å²) in [5.74, 6) is 1.92. The number of rotatable bonds is 5. The average molecular weight is 336 g/mol. The van der Waals surface area contributed by atoms with Crippen molar-refractivity contribution >= 4 is 22.7 Å². The first-order valence-electron chi connectivity index (χ1n) is 7.70. The lowest BCUT2D eigenvalue weighted by Crippen LogP contribution is -1.94. The molecule has 0 saturated heterocycles. The molecule has 2 aromatic carbocycles. The molecule has 0 spiro atoms. The maximum absolute atomic E-state index is 9.23. The summed E-state index contributed by atoms with van der Waals surface area (Å²) >= 11 is 0. The van der Waals surface area contributed by atoms with Crippen molar-refractivity contribution in [1.29, 1.82) is 0 Å². The third-order valence-corrected chi connectivity index (χ3v) is 3.89. The van der Waals surface area contributed by atoms with Crippen molar-refractivity contribution in [1.82, 2.24) is 15.0 Å². The molecule has 0 fully saturated rings. The van der Waals surface area contributed by atoms with Crippen LogP contribution in [0.15, 0.2) is 53.4 Å². The van der Waals surface area contributed by atoms with E-state index < -0.39 is 0 Å². The fourth-order valence-electron chi connectivity index (χ4n) is 2.67. The number of H-pyrrole nitrogens is 1. The van der Waals surface area contributed by atoms with Gasteiger partial charge in [-0.1, -0.05) is 6.07 Å². The number of methoxy groups -OCH3 is 1. The highest BCUT2D eigenvalue weighted by molar-refractivity contribution is 5.79. The predicted octanol–water partition coefficient (Wildman–Crippen LogP) is 3.46. The van der Waals surface area contributed by atoms with E-state index in [1.54, 1.807) is 13.3 Å². The monoisotopic (exact) mass is 336 g/mol. The van der Waals surface area contributed by atoms with Gasteiger partial charge in [0.2, 0.25) is 5.95 Å². The first-order valence-corrected chi connectivity index (χ1v) is 7.70. The molecule has 7 heteroatoms. The molecule has 0 saturated carbocycles. The molecule has 0 aliphatic carbocycles. The molecule has 0 aliphatic heterocycles. The summed E-state index contributed by atoms with van der Waals surface area (Å²) in [6.45, 7) is -0.00197. The Kier molecular flexibility index (Phi) is 3.83. The van der Waals surface area contributed by atoms with Crippen LogP contribution in [0.1, 0.15) is 5.56 Å². The number of nitrogens with zero attached hydrogens (tertiary/aromatic N) is 2. The number of imidazole rings is 1. The van der Waals surface area contributed by atoms with Crippen molar-refractivity contribution in [3.8, 4) is 17.1 Å². The van der Waals surface area contributed by atoms with E-state index in [2.05, 4.69) is 20.3 Å². The van der Waals surface area contributed by atoms with E-state index in [1.165, 1.54) is 6.39 Å². The van der Waals surface area contributed by atoms with Gasteiger partial charge in [-0.25, -0.2) is 9.97 Å². The van der Waals surface area contributed by atoms with Crippen molar-refractivity contribution in [2.45, 2.75) is 6.61 Å². The number of anilines is 2. The molecule has 126 valence electrons. The zero-order valence-corrected chi connectivity index (χ0v) is 13.5. The number of aliphatic hydroxyl groups is 1. The Morgan fingerprint density at radius 1 is 1.24 bits per heavy atom. The third-order valence-electron chi connectivity index (χ3n) is 3.89. The molecule has 7 nitrogen and oxygen atoms in total. The summed E-state index contributed by atoms with van der Waals surface area (Å²) in [6.07, 6.45) is 3.03. The van der Waals surface area contributed by atoms with Crippen molar-refractivity contribution < 1.29 is 14.3 Å². The predicted molar refractivity (Wildman–Crippen MR) is 93.8 cm³/mol. The van der Waals surface area contributed by atoms with Gasteiger partial charge in [0.1, 0.15) is 5.75 Å². The quantitative estimate of drug-likeness (QED) is 0.516. The number of oxazole rings is 1. The van der Waals surface area contributed by atoms with Crippen LogP contribution in [0, 0.1) is 0 Å². The largest absolute Gasteiger partial charge is 0.496 e. The number of nitrogens with one attached hydrogen (secondary N) is 2. The van der Waals surface area contributed by atoms with Crippen LogP contribution in [0.4, 0.5) is 11.6 Å².